The van der Waals surface area contributed by atoms with E-state index in [-0.39, 0.29) is 0 Å². The fourth-order valence-corrected chi connectivity index (χ4v) is 2.92. The summed E-state index contributed by atoms with van der Waals surface area (Å²) < 4.78 is 11.3. The van der Waals surface area contributed by atoms with Crippen molar-refractivity contribution in [1.29, 1.82) is 0 Å². The van der Waals surface area contributed by atoms with Crippen LogP contribution >= 0.6 is 0 Å². The minimum absolute atomic E-state index is 0.375. The van der Waals surface area contributed by atoms with Crippen LogP contribution in [0, 0.1) is 11.8 Å². The van der Waals surface area contributed by atoms with Crippen LogP contribution in [-0.2, 0) is 9.47 Å². The molecule has 0 radical (unpaired) electrons. The quantitative estimate of drug-likeness (QED) is 0.838. The Morgan fingerprint density at radius 2 is 1.67 bits per heavy atom. The molecule has 1 saturated heterocycles. The van der Waals surface area contributed by atoms with Crippen molar-refractivity contribution >= 4 is 0 Å². The molecule has 0 spiro atoms. The van der Waals surface area contributed by atoms with Crippen molar-refractivity contribution in [2.45, 2.75) is 64.7 Å². The maximum atomic E-state index is 5.65. The molecule has 1 heterocycles. The minimum Gasteiger partial charge on any atom is -0.349 e. The number of hydrogen-bond donors (Lipinski definition) is 1. The van der Waals surface area contributed by atoms with E-state index >= 15 is 0 Å². The molecular formula is C15H29NO2. The summed E-state index contributed by atoms with van der Waals surface area (Å²) in [6, 6.07) is 0.375. The fourth-order valence-electron chi connectivity index (χ4n) is 2.92. The van der Waals surface area contributed by atoms with Gasteiger partial charge in [-0.3, -0.25) is 0 Å². The van der Waals surface area contributed by atoms with Crippen molar-refractivity contribution in [3.05, 3.63) is 0 Å². The molecule has 2 aliphatic rings. The van der Waals surface area contributed by atoms with Gasteiger partial charge in [-0.25, -0.2) is 0 Å². The first-order valence-corrected chi connectivity index (χ1v) is 7.56. The third-order valence-electron chi connectivity index (χ3n) is 4.39. The summed E-state index contributed by atoms with van der Waals surface area (Å²) >= 11 is 0. The second-order valence-electron chi connectivity index (χ2n) is 6.59. The van der Waals surface area contributed by atoms with Gasteiger partial charge in [-0.05, 0) is 38.6 Å². The Labute approximate surface area is 112 Å². The molecule has 0 aromatic rings. The van der Waals surface area contributed by atoms with E-state index in [4.69, 9.17) is 9.47 Å². The summed E-state index contributed by atoms with van der Waals surface area (Å²) in [6.45, 7) is 8.99. The van der Waals surface area contributed by atoms with Crippen LogP contribution in [0.15, 0.2) is 0 Å². The Morgan fingerprint density at radius 3 is 2.28 bits per heavy atom. The lowest BCUT2D eigenvalue weighted by Gasteiger charge is -2.35. The van der Waals surface area contributed by atoms with E-state index in [0.717, 1.165) is 31.6 Å². The van der Waals surface area contributed by atoms with Gasteiger partial charge in [0.25, 0.3) is 0 Å². The van der Waals surface area contributed by atoms with Crippen LogP contribution in [0.3, 0.4) is 0 Å². The monoisotopic (exact) mass is 255 g/mol. The topological polar surface area (TPSA) is 30.5 Å². The zero-order valence-electron chi connectivity index (χ0n) is 12.2. The van der Waals surface area contributed by atoms with E-state index in [1.807, 2.05) is 13.8 Å². The number of rotatable bonds is 4. The highest BCUT2D eigenvalue weighted by Crippen LogP contribution is 2.30. The second-order valence-corrected chi connectivity index (χ2v) is 6.59. The van der Waals surface area contributed by atoms with E-state index < -0.39 is 5.79 Å². The Kier molecular flexibility index (Phi) is 5.05. The van der Waals surface area contributed by atoms with Gasteiger partial charge < -0.3 is 14.8 Å². The molecule has 1 saturated carbocycles. The number of nitrogens with one attached hydrogen (secondary N) is 1. The van der Waals surface area contributed by atoms with Crippen LogP contribution < -0.4 is 5.32 Å². The van der Waals surface area contributed by atoms with Crippen molar-refractivity contribution < 1.29 is 9.47 Å². The Bertz CT molecular complexity index is 237. The summed E-state index contributed by atoms with van der Waals surface area (Å²) in [5, 5.41) is 3.57. The molecule has 0 aromatic carbocycles. The molecule has 1 aliphatic heterocycles. The SMILES string of the molecule is CC1CCC(CCNC2COC(C)(C)OC2)CC1. The first-order valence-electron chi connectivity index (χ1n) is 7.56. The zero-order chi connectivity index (χ0) is 13.0. The van der Waals surface area contributed by atoms with Crippen LogP contribution in [0.1, 0.15) is 52.9 Å². The highest BCUT2D eigenvalue weighted by atomic mass is 16.7. The van der Waals surface area contributed by atoms with E-state index in [1.54, 1.807) is 0 Å². The lowest BCUT2D eigenvalue weighted by Crippen LogP contribution is -2.48. The molecular weight excluding hydrogens is 226 g/mol. The summed E-state index contributed by atoms with van der Waals surface area (Å²) in [5.74, 6) is 1.50. The Hall–Kier alpha value is -0.120. The average molecular weight is 255 g/mol. The van der Waals surface area contributed by atoms with Gasteiger partial charge in [0.2, 0.25) is 0 Å². The third kappa shape index (κ3) is 4.52. The van der Waals surface area contributed by atoms with Gasteiger partial charge in [0.1, 0.15) is 0 Å². The fraction of sp³-hybridized carbons (Fsp3) is 1.00. The molecule has 0 amide bonds. The summed E-state index contributed by atoms with van der Waals surface area (Å²) in [4.78, 5) is 0. The molecule has 0 atom stereocenters. The minimum atomic E-state index is -0.391. The standard InChI is InChI=1S/C15H29NO2/c1-12-4-6-13(7-5-12)8-9-16-14-10-17-15(2,3)18-11-14/h12-14,16H,4-11H2,1-3H3. The Morgan fingerprint density at radius 1 is 1.06 bits per heavy atom. The highest BCUT2D eigenvalue weighted by Gasteiger charge is 2.28. The first-order chi connectivity index (χ1) is 8.55. The Balaban J connectivity index is 1.56. The molecule has 18 heavy (non-hydrogen) atoms. The van der Waals surface area contributed by atoms with Crippen LogP contribution in [0.5, 0.6) is 0 Å². The van der Waals surface area contributed by atoms with E-state index in [2.05, 4.69) is 12.2 Å². The second kappa shape index (κ2) is 6.36. The zero-order valence-corrected chi connectivity index (χ0v) is 12.2. The first kappa shape index (κ1) is 14.3. The van der Waals surface area contributed by atoms with Crippen LogP contribution in [-0.4, -0.2) is 31.6 Å². The lowest BCUT2D eigenvalue weighted by atomic mass is 9.81. The molecule has 1 N–H and O–H groups in total. The smallest absolute Gasteiger partial charge is 0.162 e. The van der Waals surface area contributed by atoms with Gasteiger partial charge in [0.05, 0.1) is 19.3 Å². The maximum Gasteiger partial charge on any atom is 0.162 e. The summed E-state index contributed by atoms with van der Waals surface area (Å²) in [7, 11) is 0. The van der Waals surface area contributed by atoms with Crippen molar-refractivity contribution in [3.63, 3.8) is 0 Å². The van der Waals surface area contributed by atoms with Crippen molar-refractivity contribution in [1.82, 2.24) is 5.32 Å². The molecule has 3 heteroatoms. The van der Waals surface area contributed by atoms with Gasteiger partial charge in [-0.15, -0.1) is 0 Å². The number of ether oxygens (including phenoxy) is 2. The van der Waals surface area contributed by atoms with Gasteiger partial charge in [0, 0.05) is 0 Å². The lowest BCUT2D eigenvalue weighted by molar-refractivity contribution is -0.252. The van der Waals surface area contributed by atoms with Crippen LogP contribution in [0.2, 0.25) is 0 Å². The predicted molar refractivity (Wildman–Crippen MR) is 73.5 cm³/mol. The molecule has 0 bridgehead atoms. The molecule has 1 aliphatic carbocycles. The number of hydrogen-bond acceptors (Lipinski definition) is 3. The van der Waals surface area contributed by atoms with Crippen molar-refractivity contribution in [3.8, 4) is 0 Å². The van der Waals surface area contributed by atoms with Gasteiger partial charge in [-0.2, -0.15) is 0 Å². The van der Waals surface area contributed by atoms with E-state index in [1.165, 1.54) is 32.1 Å². The summed E-state index contributed by atoms with van der Waals surface area (Å²) in [5.41, 5.74) is 0. The summed E-state index contributed by atoms with van der Waals surface area (Å²) in [6.07, 6.45) is 7.01. The maximum absolute atomic E-state index is 5.65. The largest absolute Gasteiger partial charge is 0.349 e. The van der Waals surface area contributed by atoms with Crippen LogP contribution in [0.25, 0.3) is 0 Å². The highest BCUT2D eigenvalue weighted by molar-refractivity contribution is 4.75. The normalized spacial score (nSPS) is 33.5. The van der Waals surface area contributed by atoms with Crippen molar-refractivity contribution in [2.75, 3.05) is 19.8 Å². The molecule has 0 unspecified atom stereocenters. The van der Waals surface area contributed by atoms with Gasteiger partial charge in [-0.1, -0.05) is 32.6 Å². The molecule has 106 valence electrons. The predicted octanol–water partition coefficient (Wildman–Crippen LogP) is 2.94. The van der Waals surface area contributed by atoms with Crippen molar-refractivity contribution in [2.24, 2.45) is 11.8 Å². The van der Waals surface area contributed by atoms with Crippen LogP contribution in [0.4, 0.5) is 0 Å². The van der Waals surface area contributed by atoms with Gasteiger partial charge in [0.15, 0.2) is 5.79 Å². The van der Waals surface area contributed by atoms with Gasteiger partial charge >= 0.3 is 0 Å². The molecule has 2 fully saturated rings. The van der Waals surface area contributed by atoms with E-state index in [0.29, 0.717) is 6.04 Å². The van der Waals surface area contributed by atoms with E-state index in [9.17, 15) is 0 Å². The molecule has 3 nitrogen and oxygen atoms in total. The third-order valence-corrected chi connectivity index (χ3v) is 4.39. The molecule has 0 aromatic heterocycles. The molecule has 2 rings (SSSR count). The average Bonchev–Trinajstić information content (AvgIpc) is 2.34.